The number of nitrogens with one attached hydrogen (secondary N) is 2. The number of aromatic nitrogens is 1. The molecule has 3 N–H and O–H groups in total. The van der Waals surface area contributed by atoms with Gasteiger partial charge in [-0.2, -0.15) is 13.2 Å². The van der Waals surface area contributed by atoms with Gasteiger partial charge < -0.3 is 25.0 Å². The predicted octanol–water partition coefficient (Wildman–Crippen LogP) is 4.12. The standard InChI is InChI=1S/C24H22F3N3O5/c1-14(31)16-4-7-19(18(12-16)24(25,26)27)34-17-5-2-15(3-6-17)13-28-22(33)23(9-10-23)30-21(32)20-8-11-29-35-20/h2-8,11-12,14,31H,9-10,13H2,1H3,(H,28,33)(H,30,32). The Kier molecular flexibility index (Phi) is 6.53. The molecule has 1 heterocycles. The number of hydrogen-bond acceptors (Lipinski definition) is 6. The van der Waals surface area contributed by atoms with E-state index in [1.54, 1.807) is 12.1 Å². The zero-order valence-electron chi connectivity index (χ0n) is 18.6. The van der Waals surface area contributed by atoms with Crippen molar-refractivity contribution >= 4 is 11.8 Å². The number of alkyl halides is 3. The van der Waals surface area contributed by atoms with Crippen molar-refractivity contribution < 1.29 is 37.1 Å². The van der Waals surface area contributed by atoms with Crippen LogP contribution in [0.15, 0.2) is 59.3 Å². The fraction of sp³-hybridized carbons (Fsp3) is 0.292. The predicted molar refractivity (Wildman–Crippen MR) is 116 cm³/mol. The Labute approximate surface area is 198 Å². The fourth-order valence-corrected chi connectivity index (χ4v) is 3.42. The summed E-state index contributed by atoms with van der Waals surface area (Å²) in [6.07, 6.45) is -3.41. The summed E-state index contributed by atoms with van der Waals surface area (Å²) < 4.78 is 50.6. The zero-order chi connectivity index (χ0) is 25.2. The van der Waals surface area contributed by atoms with Crippen LogP contribution in [0, 0.1) is 0 Å². The lowest BCUT2D eigenvalue weighted by atomic mass is 10.1. The summed E-state index contributed by atoms with van der Waals surface area (Å²) in [7, 11) is 0. The van der Waals surface area contributed by atoms with E-state index in [1.807, 2.05) is 0 Å². The summed E-state index contributed by atoms with van der Waals surface area (Å²) in [5.74, 6) is -1.08. The van der Waals surface area contributed by atoms with Crippen molar-refractivity contribution in [3.8, 4) is 11.5 Å². The van der Waals surface area contributed by atoms with Crippen LogP contribution in [-0.4, -0.2) is 27.6 Å². The lowest BCUT2D eigenvalue weighted by Crippen LogP contribution is -2.48. The summed E-state index contributed by atoms with van der Waals surface area (Å²) in [5, 5.41) is 18.5. The third kappa shape index (κ3) is 5.62. The monoisotopic (exact) mass is 489 g/mol. The molecule has 1 saturated carbocycles. The summed E-state index contributed by atoms with van der Waals surface area (Å²) in [6, 6.07) is 11.0. The first-order valence-corrected chi connectivity index (χ1v) is 10.7. The summed E-state index contributed by atoms with van der Waals surface area (Å²) in [6.45, 7) is 1.53. The highest BCUT2D eigenvalue weighted by Gasteiger charge is 2.51. The van der Waals surface area contributed by atoms with E-state index in [0.717, 1.165) is 6.07 Å². The van der Waals surface area contributed by atoms with Crippen molar-refractivity contribution in [3.63, 3.8) is 0 Å². The molecule has 0 saturated heterocycles. The van der Waals surface area contributed by atoms with Gasteiger partial charge in [-0.05, 0) is 55.2 Å². The summed E-state index contributed by atoms with van der Waals surface area (Å²) in [5.41, 5.74) is -1.18. The SMILES string of the molecule is CC(O)c1ccc(Oc2ccc(CNC(=O)C3(NC(=O)c4ccno4)CC3)cc2)c(C(F)(F)F)c1. The van der Waals surface area contributed by atoms with Crippen LogP contribution in [0.1, 0.15) is 53.1 Å². The van der Waals surface area contributed by atoms with Gasteiger partial charge in [0.25, 0.3) is 5.91 Å². The van der Waals surface area contributed by atoms with E-state index in [-0.39, 0.29) is 35.3 Å². The molecule has 0 spiro atoms. The molecule has 35 heavy (non-hydrogen) atoms. The Morgan fingerprint density at radius 2 is 1.89 bits per heavy atom. The Morgan fingerprint density at radius 1 is 1.17 bits per heavy atom. The van der Waals surface area contributed by atoms with Gasteiger partial charge in [-0.15, -0.1) is 0 Å². The van der Waals surface area contributed by atoms with Crippen LogP contribution in [-0.2, 0) is 17.5 Å². The van der Waals surface area contributed by atoms with Crippen molar-refractivity contribution in [1.29, 1.82) is 0 Å². The number of carbonyl (C=O) groups excluding carboxylic acids is 2. The first-order chi connectivity index (χ1) is 16.6. The van der Waals surface area contributed by atoms with E-state index < -0.39 is 29.3 Å². The average Bonchev–Trinajstić information content (AvgIpc) is 3.38. The van der Waals surface area contributed by atoms with Gasteiger partial charge in [0, 0.05) is 12.6 Å². The molecule has 11 heteroatoms. The second-order valence-corrected chi connectivity index (χ2v) is 8.27. The quantitative estimate of drug-likeness (QED) is 0.439. The Morgan fingerprint density at radius 3 is 2.46 bits per heavy atom. The zero-order valence-corrected chi connectivity index (χ0v) is 18.6. The molecule has 0 aliphatic heterocycles. The van der Waals surface area contributed by atoms with Crippen molar-refractivity contribution in [2.75, 3.05) is 0 Å². The van der Waals surface area contributed by atoms with Crippen molar-refractivity contribution in [3.05, 3.63) is 77.2 Å². The van der Waals surface area contributed by atoms with Crippen LogP contribution < -0.4 is 15.4 Å². The lowest BCUT2D eigenvalue weighted by Gasteiger charge is -2.17. The number of halogens is 3. The number of aliphatic hydroxyl groups excluding tert-OH is 1. The van der Waals surface area contributed by atoms with Crippen LogP contribution in [0.3, 0.4) is 0 Å². The summed E-state index contributed by atoms with van der Waals surface area (Å²) in [4.78, 5) is 24.7. The normalized spacial score (nSPS) is 15.2. The van der Waals surface area contributed by atoms with Crippen LogP contribution in [0.4, 0.5) is 13.2 Å². The highest BCUT2D eigenvalue weighted by atomic mass is 19.4. The van der Waals surface area contributed by atoms with E-state index in [2.05, 4.69) is 15.8 Å². The maximum absolute atomic E-state index is 13.5. The number of rotatable bonds is 8. The number of aliphatic hydroxyl groups is 1. The molecule has 1 aromatic heterocycles. The van der Waals surface area contributed by atoms with Gasteiger partial charge in [0.05, 0.1) is 17.9 Å². The molecular formula is C24H22F3N3O5. The molecule has 0 radical (unpaired) electrons. The highest BCUT2D eigenvalue weighted by molar-refractivity contribution is 5.99. The van der Waals surface area contributed by atoms with Gasteiger partial charge in [-0.3, -0.25) is 9.59 Å². The first kappa shape index (κ1) is 24.3. The summed E-state index contributed by atoms with van der Waals surface area (Å²) >= 11 is 0. The van der Waals surface area contributed by atoms with Gasteiger partial charge in [0.15, 0.2) is 0 Å². The molecule has 1 aliphatic carbocycles. The van der Waals surface area contributed by atoms with Gasteiger partial charge in [0.1, 0.15) is 17.0 Å². The molecule has 184 valence electrons. The third-order valence-electron chi connectivity index (χ3n) is 5.59. The second-order valence-electron chi connectivity index (χ2n) is 8.27. The number of ether oxygens (including phenoxy) is 1. The maximum Gasteiger partial charge on any atom is 0.419 e. The Hall–Kier alpha value is -3.86. The molecule has 2 aromatic carbocycles. The van der Waals surface area contributed by atoms with Gasteiger partial charge in [-0.1, -0.05) is 23.4 Å². The van der Waals surface area contributed by atoms with Crippen molar-refractivity contribution in [2.45, 2.75) is 44.1 Å². The topological polar surface area (TPSA) is 114 Å². The van der Waals surface area contributed by atoms with Crippen molar-refractivity contribution in [2.24, 2.45) is 0 Å². The van der Waals surface area contributed by atoms with Crippen LogP contribution in [0.25, 0.3) is 0 Å². The number of nitrogens with zero attached hydrogens (tertiary/aromatic N) is 1. The fourth-order valence-electron chi connectivity index (χ4n) is 3.42. The molecule has 1 unspecified atom stereocenters. The molecule has 8 nitrogen and oxygen atoms in total. The molecule has 3 aromatic rings. The van der Waals surface area contributed by atoms with Crippen molar-refractivity contribution in [1.82, 2.24) is 15.8 Å². The van der Waals surface area contributed by atoms with Gasteiger partial charge in [0.2, 0.25) is 11.7 Å². The highest BCUT2D eigenvalue weighted by Crippen LogP contribution is 2.40. The minimum atomic E-state index is -4.66. The second kappa shape index (κ2) is 9.41. The van der Waals surface area contributed by atoms with E-state index in [1.165, 1.54) is 43.5 Å². The van der Waals surface area contributed by atoms with Crippen LogP contribution in [0.2, 0.25) is 0 Å². The molecule has 1 atom stereocenters. The number of hydrogen-bond donors (Lipinski definition) is 3. The Balaban J connectivity index is 1.37. The van der Waals surface area contributed by atoms with E-state index >= 15 is 0 Å². The van der Waals surface area contributed by atoms with Crippen LogP contribution in [0.5, 0.6) is 11.5 Å². The van der Waals surface area contributed by atoms with Crippen LogP contribution >= 0.6 is 0 Å². The molecule has 4 rings (SSSR count). The minimum absolute atomic E-state index is 0.00820. The molecular weight excluding hydrogens is 467 g/mol. The van der Waals surface area contributed by atoms with E-state index in [9.17, 15) is 27.9 Å². The minimum Gasteiger partial charge on any atom is -0.457 e. The number of carbonyl (C=O) groups is 2. The largest absolute Gasteiger partial charge is 0.457 e. The molecule has 2 amide bonds. The van der Waals surface area contributed by atoms with E-state index in [4.69, 9.17) is 9.26 Å². The third-order valence-corrected chi connectivity index (χ3v) is 5.59. The van der Waals surface area contributed by atoms with Gasteiger partial charge in [-0.25, -0.2) is 0 Å². The average molecular weight is 489 g/mol. The smallest absolute Gasteiger partial charge is 0.419 e. The molecule has 0 bridgehead atoms. The lowest BCUT2D eigenvalue weighted by molar-refractivity contribution is -0.138. The first-order valence-electron chi connectivity index (χ1n) is 10.7. The Bertz CT molecular complexity index is 1200. The maximum atomic E-state index is 13.5. The van der Waals surface area contributed by atoms with E-state index in [0.29, 0.717) is 18.4 Å². The van der Waals surface area contributed by atoms with Gasteiger partial charge >= 0.3 is 6.18 Å². The molecule has 1 fully saturated rings. The molecule has 1 aliphatic rings. The number of benzene rings is 2. The number of amides is 2.